The standard InChI is InChI=1S/C14H19N3O/c1-4-15-11(3)12-6-5-7-13(9-12)18-14-8-10(2)16-17-14/h5-9,11,15H,4H2,1-3H3,(H,16,17). The second kappa shape index (κ2) is 5.69. The van der Waals surface area contributed by atoms with Crippen LogP contribution < -0.4 is 10.1 Å². The largest absolute Gasteiger partial charge is 0.438 e. The van der Waals surface area contributed by atoms with Crippen LogP contribution in [0.3, 0.4) is 0 Å². The highest BCUT2D eigenvalue weighted by molar-refractivity contribution is 5.33. The Bertz CT molecular complexity index is 507. The number of benzene rings is 1. The second-order valence-electron chi connectivity index (χ2n) is 4.34. The van der Waals surface area contributed by atoms with Gasteiger partial charge in [-0.05, 0) is 38.1 Å². The summed E-state index contributed by atoms with van der Waals surface area (Å²) in [6, 6.07) is 10.3. The molecule has 1 aromatic heterocycles. The predicted octanol–water partition coefficient (Wildman–Crippen LogP) is 3.18. The maximum atomic E-state index is 5.70. The molecule has 0 saturated carbocycles. The Hall–Kier alpha value is -1.81. The van der Waals surface area contributed by atoms with E-state index in [-0.39, 0.29) is 0 Å². The number of rotatable bonds is 5. The Morgan fingerprint density at radius 1 is 1.39 bits per heavy atom. The van der Waals surface area contributed by atoms with Crippen LogP contribution in [-0.4, -0.2) is 16.7 Å². The molecule has 4 heteroatoms. The lowest BCUT2D eigenvalue weighted by atomic mass is 10.1. The molecule has 0 bridgehead atoms. The number of H-pyrrole nitrogens is 1. The summed E-state index contributed by atoms with van der Waals surface area (Å²) in [5, 5.41) is 10.3. The zero-order chi connectivity index (χ0) is 13.0. The Morgan fingerprint density at radius 2 is 2.22 bits per heavy atom. The van der Waals surface area contributed by atoms with E-state index in [4.69, 9.17) is 4.74 Å². The highest BCUT2D eigenvalue weighted by atomic mass is 16.5. The number of aryl methyl sites for hydroxylation is 1. The summed E-state index contributed by atoms with van der Waals surface area (Å²) >= 11 is 0. The van der Waals surface area contributed by atoms with Crippen molar-refractivity contribution in [2.45, 2.75) is 26.8 Å². The van der Waals surface area contributed by atoms with Crippen LogP contribution in [0.25, 0.3) is 0 Å². The SMILES string of the molecule is CCNC(C)c1cccc(Oc2cc(C)[nH]n2)c1. The van der Waals surface area contributed by atoms with Gasteiger partial charge in [-0.3, -0.25) is 5.10 Å². The lowest BCUT2D eigenvalue weighted by Gasteiger charge is -2.13. The minimum atomic E-state index is 0.319. The summed E-state index contributed by atoms with van der Waals surface area (Å²) in [7, 11) is 0. The Balaban J connectivity index is 2.12. The van der Waals surface area contributed by atoms with Gasteiger partial charge in [-0.1, -0.05) is 19.1 Å². The Labute approximate surface area is 107 Å². The average molecular weight is 245 g/mol. The van der Waals surface area contributed by atoms with E-state index < -0.39 is 0 Å². The van der Waals surface area contributed by atoms with Crippen molar-refractivity contribution in [2.75, 3.05) is 6.54 Å². The molecule has 0 fully saturated rings. The van der Waals surface area contributed by atoms with Crippen LogP contribution in [0.1, 0.15) is 31.1 Å². The van der Waals surface area contributed by atoms with Crippen molar-refractivity contribution in [3.63, 3.8) is 0 Å². The molecule has 1 aromatic carbocycles. The molecule has 0 spiro atoms. The van der Waals surface area contributed by atoms with Crippen LogP contribution >= 0.6 is 0 Å². The molecule has 2 aromatic rings. The molecule has 0 aliphatic heterocycles. The third-order valence-corrected chi connectivity index (χ3v) is 2.77. The van der Waals surface area contributed by atoms with Gasteiger partial charge in [0.15, 0.2) is 0 Å². The highest BCUT2D eigenvalue weighted by Gasteiger charge is 2.06. The lowest BCUT2D eigenvalue weighted by Crippen LogP contribution is -2.17. The molecule has 0 amide bonds. The lowest BCUT2D eigenvalue weighted by molar-refractivity contribution is 0.459. The van der Waals surface area contributed by atoms with Gasteiger partial charge < -0.3 is 10.1 Å². The number of aromatic amines is 1. The molecule has 0 aliphatic carbocycles. The van der Waals surface area contributed by atoms with E-state index in [1.807, 2.05) is 31.2 Å². The summed E-state index contributed by atoms with van der Waals surface area (Å²) in [6.45, 7) is 7.14. The second-order valence-corrected chi connectivity index (χ2v) is 4.34. The third kappa shape index (κ3) is 3.11. The Morgan fingerprint density at radius 3 is 2.89 bits per heavy atom. The van der Waals surface area contributed by atoms with Gasteiger partial charge in [0.1, 0.15) is 5.75 Å². The summed E-state index contributed by atoms with van der Waals surface area (Å²) in [6.07, 6.45) is 0. The molecule has 0 saturated heterocycles. The number of nitrogens with one attached hydrogen (secondary N) is 2. The van der Waals surface area contributed by atoms with Gasteiger partial charge in [0.25, 0.3) is 0 Å². The molecule has 18 heavy (non-hydrogen) atoms. The molecule has 96 valence electrons. The first-order valence-corrected chi connectivity index (χ1v) is 6.22. The average Bonchev–Trinajstić information content (AvgIpc) is 2.75. The minimum Gasteiger partial charge on any atom is -0.438 e. The first kappa shape index (κ1) is 12.6. The summed E-state index contributed by atoms with van der Waals surface area (Å²) < 4.78 is 5.70. The van der Waals surface area contributed by atoms with Gasteiger partial charge in [-0.2, -0.15) is 0 Å². The normalized spacial score (nSPS) is 12.4. The van der Waals surface area contributed by atoms with E-state index in [2.05, 4.69) is 35.4 Å². The maximum Gasteiger partial charge on any atom is 0.238 e. The monoisotopic (exact) mass is 245 g/mol. The summed E-state index contributed by atoms with van der Waals surface area (Å²) in [5.41, 5.74) is 2.20. The number of aromatic nitrogens is 2. The summed E-state index contributed by atoms with van der Waals surface area (Å²) in [5.74, 6) is 1.41. The van der Waals surface area contributed by atoms with Gasteiger partial charge in [0.2, 0.25) is 5.88 Å². The minimum absolute atomic E-state index is 0.319. The van der Waals surface area contributed by atoms with Crippen LogP contribution in [0.2, 0.25) is 0 Å². The third-order valence-electron chi connectivity index (χ3n) is 2.77. The fourth-order valence-electron chi connectivity index (χ4n) is 1.84. The van der Waals surface area contributed by atoms with Crippen LogP contribution in [0, 0.1) is 6.92 Å². The van der Waals surface area contributed by atoms with Crippen molar-refractivity contribution >= 4 is 0 Å². The smallest absolute Gasteiger partial charge is 0.238 e. The van der Waals surface area contributed by atoms with E-state index >= 15 is 0 Å². The molecule has 1 atom stereocenters. The van der Waals surface area contributed by atoms with Crippen molar-refractivity contribution in [3.05, 3.63) is 41.6 Å². The topological polar surface area (TPSA) is 49.9 Å². The molecule has 2 N–H and O–H groups in total. The molecule has 1 heterocycles. The quantitative estimate of drug-likeness (QED) is 0.850. The molecule has 0 aliphatic rings. The van der Waals surface area contributed by atoms with Crippen LogP contribution in [0.15, 0.2) is 30.3 Å². The molecule has 4 nitrogen and oxygen atoms in total. The number of ether oxygens (including phenoxy) is 1. The van der Waals surface area contributed by atoms with Crippen LogP contribution in [0.5, 0.6) is 11.6 Å². The van der Waals surface area contributed by atoms with E-state index in [0.717, 1.165) is 18.0 Å². The van der Waals surface area contributed by atoms with E-state index in [9.17, 15) is 0 Å². The van der Waals surface area contributed by atoms with Crippen molar-refractivity contribution in [3.8, 4) is 11.6 Å². The highest BCUT2D eigenvalue weighted by Crippen LogP contribution is 2.23. The van der Waals surface area contributed by atoms with E-state index in [0.29, 0.717) is 11.9 Å². The predicted molar refractivity (Wildman–Crippen MR) is 71.9 cm³/mol. The number of hydrogen-bond donors (Lipinski definition) is 2. The molecule has 0 radical (unpaired) electrons. The van der Waals surface area contributed by atoms with Crippen molar-refractivity contribution in [1.29, 1.82) is 0 Å². The molecular formula is C14H19N3O. The van der Waals surface area contributed by atoms with Gasteiger partial charge in [-0.15, -0.1) is 5.10 Å². The molecule has 2 rings (SSSR count). The first-order chi connectivity index (χ1) is 8.69. The molecular weight excluding hydrogens is 226 g/mol. The Kier molecular flexibility index (Phi) is 3.99. The van der Waals surface area contributed by atoms with Crippen molar-refractivity contribution in [1.82, 2.24) is 15.5 Å². The van der Waals surface area contributed by atoms with Crippen LogP contribution in [-0.2, 0) is 0 Å². The fraction of sp³-hybridized carbons (Fsp3) is 0.357. The molecule has 1 unspecified atom stereocenters. The summed E-state index contributed by atoms with van der Waals surface area (Å²) in [4.78, 5) is 0. The maximum absolute atomic E-state index is 5.70. The zero-order valence-corrected chi connectivity index (χ0v) is 11.0. The van der Waals surface area contributed by atoms with E-state index in [1.54, 1.807) is 0 Å². The van der Waals surface area contributed by atoms with Crippen molar-refractivity contribution in [2.24, 2.45) is 0 Å². The first-order valence-electron chi connectivity index (χ1n) is 6.22. The van der Waals surface area contributed by atoms with Crippen LogP contribution in [0.4, 0.5) is 0 Å². The van der Waals surface area contributed by atoms with Gasteiger partial charge in [0.05, 0.1) is 0 Å². The fourth-order valence-corrected chi connectivity index (χ4v) is 1.84. The van der Waals surface area contributed by atoms with Gasteiger partial charge >= 0.3 is 0 Å². The van der Waals surface area contributed by atoms with Gasteiger partial charge in [0, 0.05) is 17.8 Å². The van der Waals surface area contributed by atoms with Gasteiger partial charge in [-0.25, -0.2) is 0 Å². The number of hydrogen-bond acceptors (Lipinski definition) is 3. The van der Waals surface area contributed by atoms with E-state index in [1.165, 1.54) is 5.56 Å². The zero-order valence-electron chi connectivity index (χ0n) is 11.0. The number of nitrogens with zero attached hydrogens (tertiary/aromatic N) is 1. The van der Waals surface area contributed by atoms with Crippen molar-refractivity contribution < 1.29 is 4.74 Å².